The molecular formula is C10H11N5. The van der Waals surface area contributed by atoms with Gasteiger partial charge >= 0.3 is 0 Å². The second-order valence-corrected chi connectivity index (χ2v) is 3.15. The lowest BCUT2D eigenvalue weighted by Gasteiger charge is -1.97. The van der Waals surface area contributed by atoms with E-state index >= 15 is 0 Å². The molecule has 0 bridgehead atoms. The van der Waals surface area contributed by atoms with Gasteiger partial charge in [-0.1, -0.05) is 24.3 Å². The minimum Gasteiger partial charge on any atom is -0.370 e. The maximum atomic E-state index is 7.61. The molecule has 0 aliphatic rings. The number of hydrogen-bond donors (Lipinski definition) is 3. The summed E-state index contributed by atoms with van der Waals surface area (Å²) >= 11 is 0. The highest BCUT2D eigenvalue weighted by molar-refractivity contribution is 5.95. The molecule has 0 aliphatic heterocycles. The molecule has 1 aromatic heterocycles. The molecule has 5 heteroatoms. The molecule has 0 unspecified atom stereocenters. The number of aliphatic imine (C=N–C) groups is 1. The van der Waals surface area contributed by atoms with E-state index in [0.29, 0.717) is 0 Å². The molecule has 2 aromatic rings. The molecule has 2 rings (SSSR count). The van der Waals surface area contributed by atoms with E-state index in [2.05, 4.69) is 4.99 Å². The van der Waals surface area contributed by atoms with Crippen LogP contribution in [0.25, 0.3) is 10.8 Å². The van der Waals surface area contributed by atoms with Gasteiger partial charge in [-0.2, -0.15) is 4.99 Å². The van der Waals surface area contributed by atoms with E-state index in [1.54, 1.807) is 4.57 Å². The van der Waals surface area contributed by atoms with Crippen molar-refractivity contribution >= 4 is 22.7 Å². The number of aromatic nitrogens is 1. The summed E-state index contributed by atoms with van der Waals surface area (Å²) < 4.78 is 1.57. The van der Waals surface area contributed by atoms with Crippen LogP contribution in [0.2, 0.25) is 0 Å². The number of hydrogen-bond acceptors (Lipinski definition) is 1. The third-order valence-electron chi connectivity index (χ3n) is 2.03. The number of fused-ring (bicyclic) bond motifs is 1. The quantitative estimate of drug-likeness (QED) is 0.432. The van der Waals surface area contributed by atoms with E-state index in [1.165, 1.54) is 0 Å². The number of guanidine groups is 1. The Kier molecular flexibility index (Phi) is 2.13. The standard InChI is InChI=1S/C10H11N5/c11-9(12)14-10(13)15-5-7-3-1-2-4-8(7)6-15/h1-6H,(H5,11,12,13,14). The average molecular weight is 201 g/mol. The predicted octanol–water partition coefficient (Wildman–Crippen LogP) is 0.698. The molecule has 0 saturated heterocycles. The van der Waals surface area contributed by atoms with Gasteiger partial charge in [0, 0.05) is 12.4 Å². The number of nitrogens with two attached hydrogens (primary N) is 2. The van der Waals surface area contributed by atoms with E-state index in [9.17, 15) is 0 Å². The first-order valence-electron chi connectivity index (χ1n) is 4.42. The Bertz CT molecular complexity index is 500. The van der Waals surface area contributed by atoms with E-state index in [4.69, 9.17) is 16.9 Å². The second-order valence-electron chi connectivity index (χ2n) is 3.15. The van der Waals surface area contributed by atoms with Crippen molar-refractivity contribution in [3.05, 3.63) is 36.7 Å². The van der Waals surface area contributed by atoms with Crippen molar-refractivity contribution in [2.45, 2.75) is 0 Å². The normalized spacial score (nSPS) is 10.1. The van der Waals surface area contributed by atoms with Crippen molar-refractivity contribution in [3.63, 3.8) is 0 Å². The first-order chi connectivity index (χ1) is 7.16. The minimum absolute atomic E-state index is 0.00574. The van der Waals surface area contributed by atoms with Gasteiger partial charge in [-0.15, -0.1) is 0 Å². The van der Waals surface area contributed by atoms with Crippen molar-refractivity contribution in [2.24, 2.45) is 16.5 Å². The lowest BCUT2D eigenvalue weighted by atomic mass is 10.2. The molecule has 15 heavy (non-hydrogen) atoms. The van der Waals surface area contributed by atoms with Crippen LogP contribution < -0.4 is 11.5 Å². The van der Waals surface area contributed by atoms with Crippen LogP contribution in [0.4, 0.5) is 0 Å². The number of nitrogens with one attached hydrogen (secondary N) is 1. The molecule has 0 aliphatic carbocycles. The number of rotatable bonds is 0. The van der Waals surface area contributed by atoms with Crippen molar-refractivity contribution in [3.8, 4) is 0 Å². The van der Waals surface area contributed by atoms with Crippen LogP contribution in [-0.4, -0.2) is 16.5 Å². The summed E-state index contributed by atoms with van der Waals surface area (Å²) in [5, 5.41) is 9.71. The summed E-state index contributed by atoms with van der Waals surface area (Å²) in [6.45, 7) is 0. The van der Waals surface area contributed by atoms with Crippen LogP contribution in [0, 0.1) is 5.41 Å². The Morgan fingerprint density at radius 1 is 1.13 bits per heavy atom. The lowest BCUT2D eigenvalue weighted by Crippen LogP contribution is -2.25. The van der Waals surface area contributed by atoms with E-state index < -0.39 is 0 Å². The number of nitrogens with zero attached hydrogens (tertiary/aromatic N) is 2. The van der Waals surface area contributed by atoms with Gasteiger partial charge in [0.1, 0.15) is 0 Å². The van der Waals surface area contributed by atoms with Crippen LogP contribution in [0.1, 0.15) is 0 Å². The van der Waals surface area contributed by atoms with Crippen molar-refractivity contribution < 1.29 is 0 Å². The summed E-state index contributed by atoms with van der Waals surface area (Å²) in [6.07, 6.45) is 3.62. The Morgan fingerprint density at radius 2 is 1.67 bits per heavy atom. The Labute approximate surface area is 86.5 Å². The molecule has 76 valence electrons. The van der Waals surface area contributed by atoms with Crippen LogP contribution in [0.15, 0.2) is 41.7 Å². The van der Waals surface area contributed by atoms with Gasteiger partial charge in [0.2, 0.25) is 5.96 Å². The van der Waals surface area contributed by atoms with Gasteiger partial charge in [-0.3, -0.25) is 9.98 Å². The van der Waals surface area contributed by atoms with Crippen molar-refractivity contribution in [1.82, 2.24) is 4.57 Å². The molecule has 5 N–H and O–H groups in total. The SMILES string of the molecule is N=C(N=C(N)N)n1cc2ccccc2c1. The second kappa shape index (κ2) is 3.45. The third kappa shape index (κ3) is 1.80. The van der Waals surface area contributed by atoms with Crippen LogP contribution in [0.5, 0.6) is 0 Å². The molecule has 1 aromatic carbocycles. The van der Waals surface area contributed by atoms with Gasteiger partial charge in [-0.05, 0) is 10.8 Å². The molecular weight excluding hydrogens is 190 g/mol. The molecule has 0 radical (unpaired) electrons. The molecule has 0 spiro atoms. The van der Waals surface area contributed by atoms with Gasteiger partial charge in [0.05, 0.1) is 0 Å². The van der Waals surface area contributed by atoms with Gasteiger partial charge in [0.15, 0.2) is 5.96 Å². The first kappa shape index (κ1) is 9.26. The fraction of sp³-hybridized carbons (Fsp3) is 0. The van der Waals surface area contributed by atoms with Crippen LogP contribution in [0.3, 0.4) is 0 Å². The van der Waals surface area contributed by atoms with E-state index in [0.717, 1.165) is 10.8 Å². The molecule has 0 atom stereocenters. The largest absolute Gasteiger partial charge is 0.370 e. The highest BCUT2D eigenvalue weighted by Gasteiger charge is 2.01. The highest BCUT2D eigenvalue weighted by Crippen LogP contribution is 2.14. The monoisotopic (exact) mass is 201 g/mol. The maximum Gasteiger partial charge on any atom is 0.229 e. The summed E-state index contributed by atoms with van der Waals surface area (Å²) in [7, 11) is 0. The van der Waals surface area contributed by atoms with Gasteiger partial charge < -0.3 is 11.5 Å². The van der Waals surface area contributed by atoms with Gasteiger partial charge in [-0.25, -0.2) is 0 Å². The zero-order valence-corrected chi connectivity index (χ0v) is 8.01. The van der Waals surface area contributed by atoms with Crippen molar-refractivity contribution in [1.29, 1.82) is 5.41 Å². The fourth-order valence-corrected chi connectivity index (χ4v) is 1.39. The van der Waals surface area contributed by atoms with Crippen LogP contribution in [-0.2, 0) is 0 Å². The minimum atomic E-state index is -0.113. The van der Waals surface area contributed by atoms with E-state index in [-0.39, 0.29) is 11.9 Å². The summed E-state index contributed by atoms with van der Waals surface area (Å²) in [5.41, 5.74) is 10.4. The maximum absolute atomic E-state index is 7.61. The zero-order chi connectivity index (χ0) is 10.8. The highest BCUT2D eigenvalue weighted by atomic mass is 15.2. The molecule has 1 heterocycles. The first-order valence-corrected chi connectivity index (χ1v) is 4.42. The molecule has 0 amide bonds. The summed E-state index contributed by atoms with van der Waals surface area (Å²) in [4.78, 5) is 3.66. The molecule has 5 nitrogen and oxygen atoms in total. The van der Waals surface area contributed by atoms with Gasteiger partial charge in [0.25, 0.3) is 0 Å². The van der Waals surface area contributed by atoms with Crippen LogP contribution >= 0.6 is 0 Å². The Hall–Kier alpha value is -2.30. The van der Waals surface area contributed by atoms with Crippen molar-refractivity contribution in [2.75, 3.05) is 0 Å². The number of benzene rings is 1. The lowest BCUT2D eigenvalue weighted by molar-refractivity contribution is 1.11. The zero-order valence-electron chi connectivity index (χ0n) is 8.01. The third-order valence-corrected chi connectivity index (χ3v) is 2.03. The predicted molar refractivity (Wildman–Crippen MR) is 60.9 cm³/mol. The smallest absolute Gasteiger partial charge is 0.229 e. The Balaban J connectivity index is 2.45. The topological polar surface area (TPSA) is 93.2 Å². The summed E-state index contributed by atoms with van der Waals surface area (Å²) in [6, 6.07) is 7.82. The molecule has 0 fully saturated rings. The fourth-order valence-electron chi connectivity index (χ4n) is 1.39. The molecule has 0 saturated carbocycles. The Morgan fingerprint density at radius 3 is 2.13 bits per heavy atom. The summed E-state index contributed by atoms with van der Waals surface area (Å²) in [5.74, 6) is -0.107. The average Bonchev–Trinajstić information content (AvgIpc) is 2.59. The van der Waals surface area contributed by atoms with E-state index in [1.807, 2.05) is 36.7 Å².